The fraction of sp³-hybridized carbons (Fsp3) is 0.0526. The lowest BCUT2D eigenvalue weighted by molar-refractivity contribution is 0.415. The average Bonchev–Trinajstić information content (AvgIpc) is 2.64. The van der Waals surface area contributed by atoms with Crippen LogP contribution in [0, 0.1) is 0 Å². The first-order chi connectivity index (χ1) is 12.5. The van der Waals surface area contributed by atoms with E-state index < -0.39 is 10.0 Å². The third-order valence-electron chi connectivity index (χ3n) is 3.54. The van der Waals surface area contributed by atoms with Gasteiger partial charge >= 0.3 is 0 Å². The van der Waals surface area contributed by atoms with Gasteiger partial charge in [0.1, 0.15) is 17.2 Å². The van der Waals surface area contributed by atoms with E-state index >= 15 is 0 Å². The van der Waals surface area contributed by atoms with E-state index in [9.17, 15) is 8.42 Å². The molecule has 0 heterocycles. The van der Waals surface area contributed by atoms with Crippen LogP contribution in [0.25, 0.3) is 0 Å². The molecule has 0 aliphatic heterocycles. The number of sulfonamides is 1. The van der Waals surface area contributed by atoms with Gasteiger partial charge < -0.3 is 9.47 Å². The zero-order valence-corrected chi connectivity index (χ0v) is 15.4. The van der Waals surface area contributed by atoms with Crippen molar-refractivity contribution >= 4 is 27.3 Å². The van der Waals surface area contributed by atoms with Gasteiger partial charge in [0.2, 0.25) is 0 Å². The first-order valence-corrected chi connectivity index (χ1v) is 9.53. The first kappa shape index (κ1) is 18.1. The highest BCUT2D eigenvalue weighted by Gasteiger charge is 2.14. The third kappa shape index (κ3) is 4.28. The SMILES string of the molecule is COc1ccc(NS(=O)(=O)c2ccc(Oc3ccccc3Cl)cc2)cc1. The van der Waals surface area contributed by atoms with Crippen LogP contribution in [0.2, 0.25) is 5.02 Å². The van der Waals surface area contributed by atoms with Crippen LogP contribution in [0.4, 0.5) is 5.69 Å². The molecule has 0 aliphatic carbocycles. The van der Waals surface area contributed by atoms with Gasteiger partial charge in [0.25, 0.3) is 10.0 Å². The van der Waals surface area contributed by atoms with E-state index in [-0.39, 0.29) is 4.90 Å². The van der Waals surface area contributed by atoms with E-state index in [0.717, 1.165) is 0 Å². The molecule has 0 atom stereocenters. The minimum absolute atomic E-state index is 0.125. The molecule has 3 aromatic rings. The summed E-state index contributed by atoms with van der Waals surface area (Å²) in [6.45, 7) is 0. The van der Waals surface area contributed by atoms with Crippen molar-refractivity contribution in [3.63, 3.8) is 0 Å². The second kappa shape index (κ2) is 7.68. The number of ether oxygens (including phenoxy) is 2. The maximum Gasteiger partial charge on any atom is 0.261 e. The van der Waals surface area contributed by atoms with Crippen LogP contribution in [-0.4, -0.2) is 15.5 Å². The number of benzene rings is 3. The topological polar surface area (TPSA) is 64.6 Å². The summed E-state index contributed by atoms with van der Waals surface area (Å²) in [6.07, 6.45) is 0. The summed E-state index contributed by atoms with van der Waals surface area (Å²) in [5, 5.41) is 0.477. The van der Waals surface area contributed by atoms with Crippen molar-refractivity contribution < 1.29 is 17.9 Å². The maximum atomic E-state index is 12.5. The Kier molecular flexibility index (Phi) is 5.35. The van der Waals surface area contributed by atoms with Gasteiger partial charge in [0.05, 0.1) is 17.0 Å². The van der Waals surface area contributed by atoms with Gasteiger partial charge in [-0.15, -0.1) is 0 Å². The molecule has 0 saturated heterocycles. The van der Waals surface area contributed by atoms with Crippen molar-refractivity contribution in [2.24, 2.45) is 0 Å². The van der Waals surface area contributed by atoms with E-state index in [1.54, 1.807) is 67.8 Å². The lowest BCUT2D eigenvalue weighted by atomic mass is 10.3. The van der Waals surface area contributed by atoms with Crippen LogP contribution in [-0.2, 0) is 10.0 Å². The molecule has 0 aliphatic rings. The summed E-state index contributed by atoms with van der Waals surface area (Å²) in [4.78, 5) is 0.125. The number of rotatable bonds is 6. The summed E-state index contributed by atoms with van der Waals surface area (Å²) >= 11 is 6.05. The lowest BCUT2D eigenvalue weighted by Gasteiger charge is -2.10. The lowest BCUT2D eigenvalue weighted by Crippen LogP contribution is -2.12. The second-order valence-corrected chi connectivity index (χ2v) is 7.43. The average molecular weight is 390 g/mol. The fourth-order valence-corrected chi connectivity index (χ4v) is 3.45. The van der Waals surface area contributed by atoms with Crippen LogP contribution in [0.1, 0.15) is 0 Å². The Morgan fingerprint density at radius 2 is 1.46 bits per heavy atom. The van der Waals surface area contributed by atoms with E-state index in [1.165, 1.54) is 12.1 Å². The van der Waals surface area contributed by atoms with Gasteiger partial charge in [-0.05, 0) is 60.7 Å². The predicted octanol–water partition coefficient (Wildman–Crippen LogP) is 4.94. The van der Waals surface area contributed by atoms with E-state index in [0.29, 0.717) is 28.0 Å². The number of halogens is 1. The molecule has 3 rings (SSSR count). The molecule has 134 valence electrons. The van der Waals surface area contributed by atoms with Crippen molar-refractivity contribution in [1.29, 1.82) is 0 Å². The van der Waals surface area contributed by atoms with E-state index in [1.807, 2.05) is 0 Å². The minimum atomic E-state index is -3.70. The normalized spacial score (nSPS) is 11.0. The Morgan fingerprint density at radius 1 is 0.846 bits per heavy atom. The molecule has 0 radical (unpaired) electrons. The molecule has 0 amide bonds. The Balaban J connectivity index is 1.75. The number of nitrogens with one attached hydrogen (secondary N) is 1. The van der Waals surface area contributed by atoms with Crippen molar-refractivity contribution in [1.82, 2.24) is 0 Å². The van der Waals surface area contributed by atoms with Crippen molar-refractivity contribution in [2.45, 2.75) is 4.90 Å². The molecule has 0 spiro atoms. The number of anilines is 1. The Hall–Kier alpha value is -2.70. The molecular weight excluding hydrogens is 374 g/mol. The largest absolute Gasteiger partial charge is 0.497 e. The Morgan fingerprint density at radius 3 is 2.08 bits per heavy atom. The van der Waals surface area contributed by atoms with Gasteiger partial charge in [-0.2, -0.15) is 0 Å². The summed E-state index contributed by atoms with van der Waals surface area (Å²) in [6, 6.07) is 19.8. The molecule has 0 fully saturated rings. The van der Waals surface area contributed by atoms with Gasteiger partial charge in [-0.1, -0.05) is 23.7 Å². The highest BCUT2D eigenvalue weighted by Crippen LogP contribution is 2.29. The molecular formula is C19H16ClNO4S. The standard InChI is InChI=1S/C19H16ClNO4S/c1-24-15-8-6-14(7-9-15)21-26(22,23)17-12-10-16(11-13-17)25-19-5-3-2-4-18(19)20/h2-13,21H,1H3. The highest BCUT2D eigenvalue weighted by atomic mass is 35.5. The van der Waals surface area contributed by atoms with Crippen LogP contribution in [0.3, 0.4) is 0 Å². The Bertz CT molecular complexity index is 987. The summed E-state index contributed by atoms with van der Waals surface area (Å²) in [5.74, 6) is 1.64. The summed E-state index contributed by atoms with van der Waals surface area (Å²) in [7, 11) is -2.16. The summed E-state index contributed by atoms with van der Waals surface area (Å²) < 4.78 is 38.2. The smallest absolute Gasteiger partial charge is 0.261 e. The molecule has 26 heavy (non-hydrogen) atoms. The van der Waals surface area contributed by atoms with E-state index in [4.69, 9.17) is 21.1 Å². The Labute approximate surface area is 157 Å². The molecule has 7 heteroatoms. The zero-order valence-electron chi connectivity index (χ0n) is 13.8. The summed E-state index contributed by atoms with van der Waals surface area (Å²) in [5.41, 5.74) is 0.446. The number of hydrogen-bond donors (Lipinski definition) is 1. The monoisotopic (exact) mass is 389 g/mol. The minimum Gasteiger partial charge on any atom is -0.497 e. The first-order valence-electron chi connectivity index (χ1n) is 7.67. The van der Waals surface area contributed by atoms with Crippen LogP contribution >= 0.6 is 11.6 Å². The second-order valence-electron chi connectivity index (χ2n) is 5.34. The number of methoxy groups -OCH3 is 1. The predicted molar refractivity (Wildman–Crippen MR) is 102 cm³/mol. The van der Waals surface area contributed by atoms with Gasteiger partial charge in [-0.3, -0.25) is 4.72 Å². The van der Waals surface area contributed by atoms with Crippen LogP contribution < -0.4 is 14.2 Å². The van der Waals surface area contributed by atoms with Crippen molar-refractivity contribution in [2.75, 3.05) is 11.8 Å². The highest BCUT2D eigenvalue weighted by molar-refractivity contribution is 7.92. The van der Waals surface area contributed by atoms with Crippen molar-refractivity contribution in [3.8, 4) is 17.2 Å². The molecule has 0 saturated carbocycles. The quantitative estimate of drug-likeness (QED) is 0.648. The molecule has 3 aromatic carbocycles. The molecule has 1 N–H and O–H groups in total. The van der Waals surface area contributed by atoms with Crippen LogP contribution in [0.15, 0.2) is 77.7 Å². The maximum absolute atomic E-state index is 12.5. The van der Waals surface area contributed by atoms with E-state index in [2.05, 4.69) is 4.72 Å². The molecule has 0 aromatic heterocycles. The van der Waals surface area contributed by atoms with Crippen LogP contribution in [0.5, 0.6) is 17.2 Å². The van der Waals surface area contributed by atoms with Gasteiger partial charge in [0, 0.05) is 5.69 Å². The number of hydrogen-bond acceptors (Lipinski definition) is 4. The third-order valence-corrected chi connectivity index (χ3v) is 5.25. The zero-order chi connectivity index (χ0) is 18.6. The van der Waals surface area contributed by atoms with Crippen molar-refractivity contribution in [3.05, 3.63) is 77.8 Å². The number of para-hydroxylation sites is 1. The molecule has 0 bridgehead atoms. The fourth-order valence-electron chi connectivity index (χ4n) is 2.21. The molecule has 5 nitrogen and oxygen atoms in total. The molecule has 0 unspecified atom stereocenters. The van der Waals surface area contributed by atoms with Gasteiger partial charge in [0.15, 0.2) is 0 Å². The van der Waals surface area contributed by atoms with Gasteiger partial charge in [-0.25, -0.2) is 8.42 Å².